The Morgan fingerprint density at radius 3 is 3.15 bits per heavy atom. The zero-order valence-electron chi connectivity index (χ0n) is 7.09. The van der Waals surface area contributed by atoms with Crippen LogP contribution in [0.25, 0.3) is 5.52 Å². The molecule has 4 nitrogen and oxygen atoms in total. The van der Waals surface area contributed by atoms with Gasteiger partial charge < -0.3 is 10.8 Å². The van der Waals surface area contributed by atoms with E-state index in [-0.39, 0.29) is 12.6 Å². The van der Waals surface area contributed by atoms with Crippen LogP contribution >= 0.6 is 0 Å². The summed E-state index contributed by atoms with van der Waals surface area (Å²) in [5.41, 5.74) is 7.53. The standard InChI is InChI=1S/C9H11N3O/c10-8(6-13)7-5-11-12-4-2-1-3-9(7)12/h1-5,8,13H,6,10H2. The minimum atomic E-state index is -0.347. The molecule has 0 saturated heterocycles. The smallest absolute Gasteiger partial charge is 0.0710 e. The maximum absolute atomic E-state index is 8.90. The van der Waals surface area contributed by atoms with Gasteiger partial charge in [-0.2, -0.15) is 5.10 Å². The van der Waals surface area contributed by atoms with Gasteiger partial charge in [0.15, 0.2) is 0 Å². The summed E-state index contributed by atoms with van der Waals surface area (Å²) in [6, 6.07) is 5.40. The molecule has 0 aliphatic rings. The maximum atomic E-state index is 8.90. The Kier molecular flexibility index (Phi) is 2.00. The van der Waals surface area contributed by atoms with Gasteiger partial charge >= 0.3 is 0 Å². The van der Waals surface area contributed by atoms with Gasteiger partial charge in [-0.15, -0.1) is 0 Å². The van der Waals surface area contributed by atoms with Gasteiger partial charge in [0.25, 0.3) is 0 Å². The third-order valence-electron chi connectivity index (χ3n) is 2.05. The Balaban J connectivity index is 2.57. The Labute approximate surface area is 75.6 Å². The van der Waals surface area contributed by atoms with E-state index >= 15 is 0 Å². The SMILES string of the molecule is NC(CO)c1cnn2ccccc12. The fourth-order valence-electron chi connectivity index (χ4n) is 1.34. The highest BCUT2D eigenvalue weighted by atomic mass is 16.3. The van der Waals surface area contributed by atoms with Crippen LogP contribution in [0.15, 0.2) is 30.6 Å². The van der Waals surface area contributed by atoms with Crippen molar-refractivity contribution in [1.29, 1.82) is 0 Å². The van der Waals surface area contributed by atoms with Gasteiger partial charge in [-0.1, -0.05) is 6.07 Å². The van der Waals surface area contributed by atoms with Gasteiger partial charge in [0.05, 0.1) is 24.4 Å². The average molecular weight is 177 g/mol. The largest absolute Gasteiger partial charge is 0.394 e. The molecule has 0 radical (unpaired) electrons. The first-order valence-electron chi connectivity index (χ1n) is 4.11. The lowest BCUT2D eigenvalue weighted by molar-refractivity contribution is 0.268. The molecule has 0 bridgehead atoms. The molecule has 13 heavy (non-hydrogen) atoms. The van der Waals surface area contributed by atoms with Crippen LogP contribution in [0.3, 0.4) is 0 Å². The number of fused-ring (bicyclic) bond motifs is 1. The zero-order valence-corrected chi connectivity index (χ0v) is 7.09. The van der Waals surface area contributed by atoms with Crippen LogP contribution in [0.1, 0.15) is 11.6 Å². The third kappa shape index (κ3) is 1.30. The quantitative estimate of drug-likeness (QED) is 0.694. The van der Waals surface area contributed by atoms with Crippen molar-refractivity contribution in [1.82, 2.24) is 9.61 Å². The van der Waals surface area contributed by atoms with E-state index in [1.165, 1.54) is 0 Å². The Hall–Kier alpha value is -1.39. The molecule has 2 heterocycles. The van der Waals surface area contributed by atoms with E-state index in [2.05, 4.69) is 5.10 Å². The maximum Gasteiger partial charge on any atom is 0.0710 e. The van der Waals surface area contributed by atoms with Crippen molar-refractivity contribution in [2.45, 2.75) is 6.04 Å². The van der Waals surface area contributed by atoms with Crippen molar-refractivity contribution < 1.29 is 5.11 Å². The lowest BCUT2D eigenvalue weighted by atomic mass is 10.1. The first-order valence-corrected chi connectivity index (χ1v) is 4.11. The minimum Gasteiger partial charge on any atom is -0.394 e. The molecule has 0 aromatic carbocycles. The first kappa shape index (κ1) is 8.22. The molecular weight excluding hydrogens is 166 g/mol. The summed E-state index contributed by atoms with van der Waals surface area (Å²) in [7, 11) is 0. The fourth-order valence-corrected chi connectivity index (χ4v) is 1.34. The predicted octanol–water partition coefficient (Wildman–Crippen LogP) is 0.326. The van der Waals surface area contributed by atoms with E-state index in [4.69, 9.17) is 10.8 Å². The summed E-state index contributed by atoms with van der Waals surface area (Å²) in [6.45, 7) is -0.0593. The summed E-state index contributed by atoms with van der Waals surface area (Å²) in [4.78, 5) is 0. The third-order valence-corrected chi connectivity index (χ3v) is 2.05. The highest BCUT2D eigenvalue weighted by molar-refractivity contribution is 5.54. The molecule has 0 saturated carbocycles. The number of rotatable bonds is 2. The lowest BCUT2D eigenvalue weighted by Gasteiger charge is -2.04. The lowest BCUT2D eigenvalue weighted by Crippen LogP contribution is -2.13. The van der Waals surface area contributed by atoms with Crippen molar-refractivity contribution in [2.24, 2.45) is 5.73 Å². The Bertz CT molecular complexity index is 410. The van der Waals surface area contributed by atoms with Crippen LogP contribution in [-0.4, -0.2) is 21.3 Å². The molecule has 0 aliphatic carbocycles. The molecule has 1 atom stereocenters. The molecule has 2 rings (SSSR count). The molecule has 68 valence electrons. The monoisotopic (exact) mass is 177 g/mol. The number of hydrogen-bond donors (Lipinski definition) is 2. The van der Waals surface area contributed by atoms with E-state index in [9.17, 15) is 0 Å². The van der Waals surface area contributed by atoms with Crippen molar-refractivity contribution in [2.75, 3.05) is 6.61 Å². The molecule has 2 aromatic rings. The van der Waals surface area contributed by atoms with E-state index in [0.717, 1.165) is 11.1 Å². The molecule has 4 heteroatoms. The number of aromatic nitrogens is 2. The van der Waals surface area contributed by atoms with Gasteiger partial charge in [-0.05, 0) is 12.1 Å². The van der Waals surface area contributed by atoms with Gasteiger partial charge in [0.1, 0.15) is 0 Å². The van der Waals surface area contributed by atoms with Crippen LogP contribution < -0.4 is 5.73 Å². The second-order valence-electron chi connectivity index (χ2n) is 2.92. The molecule has 0 spiro atoms. The molecular formula is C9H11N3O. The Morgan fingerprint density at radius 2 is 2.38 bits per heavy atom. The topological polar surface area (TPSA) is 63.5 Å². The number of pyridine rings is 1. The summed E-state index contributed by atoms with van der Waals surface area (Å²) in [6.07, 6.45) is 3.54. The molecule has 0 amide bonds. The first-order chi connectivity index (χ1) is 6.33. The van der Waals surface area contributed by atoms with Crippen LogP contribution in [0.2, 0.25) is 0 Å². The molecule has 0 aliphatic heterocycles. The number of aliphatic hydroxyl groups excluding tert-OH is 1. The highest BCUT2D eigenvalue weighted by Gasteiger charge is 2.09. The van der Waals surface area contributed by atoms with E-state index in [1.54, 1.807) is 10.7 Å². The summed E-state index contributed by atoms with van der Waals surface area (Å²) in [5.74, 6) is 0. The van der Waals surface area contributed by atoms with Crippen LogP contribution in [0.4, 0.5) is 0 Å². The van der Waals surface area contributed by atoms with E-state index in [1.807, 2.05) is 24.4 Å². The number of nitrogens with two attached hydrogens (primary N) is 1. The normalized spacial score (nSPS) is 13.4. The van der Waals surface area contributed by atoms with E-state index < -0.39 is 0 Å². The summed E-state index contributed by atoms with van der Waals surface area (Å²) in [5, 5.41) is 13.0. The predicted molar refractivity (Wildman–Crippen MR) is 49.2 cm³/mol. The second-order valence-corrected chi connectivity index (χ2v) is 2.92. The second kappa shape index (κ2) is 3.16. The Morgan fingerprint density at radius 1 is 1.54 bits per heavy atom. The van der Waals surface area contributed by atoms with Crippen molar-refractivity contribution in [3.63, 3.8) is 0 Å². The molecule has 3 N–H and O–H groups in total. The zero-order chi connectivity index (χ0) is 9.26. The molecule has 2 aromatic heterocycles. The van der Waals surface area contributed by atoms with Gasteiger partial charge in [-0.25, -0.2) is 4.52 Å². The van der Waals surface area contributed by atoms with Gasteiger partial charge in [0.2, 0.25) is 0 Å². The number of hydrogen-bond acceptors (Lipinski definition) is 3. The number of aliphatic hydroxyl groups is 1. The van der Waals surface area contributed by atoms with Crippen molar-refractivity contribution in [3.05, 3.63) is 36.2 Å². The fraction of sp³-hybridized carbons (Fsp3) is 0.222. The minimum absolute atomic E-state index is 0.0593. The van der Waals surface area contributed by atoms with Crippen LogP contribution in [0.5, 0.6) is 0 Å². The van der Waals surface area contributed by atoms with Crippen LogP contribution in [-0.2, 0) is 0 Å². The summed E-state index contributed by atoms with van der Waals surface area (Å²) < 4.78 is 1.74. The summed E-state index contributed by atoms with van der Waals surface area (Å²) >= 11 is 0. The van der Waals surface area contributed by atoms with Gasteiger partial charge in [0, 0.05) is 11.8 Å². The molecule has 0 fully saturated rings. The van der Waals surface area contributed by atoms with Crippen molar-refractivity contribution in [3.8, 4) is 0 Å². The average Bonchev–Trinajstić information content (AvgIpc) is 2.60. The highest BCUT2D eigenvalue weighted by Crippen LogP contribution is 2.15. The van der Waals surface area contributed by atoms with Crippen LogP contribution in [0, 0.1) is 0 Å². The van der Waals surface area contributed by atoms with Crippen molar-refractivity contribution >= 4 is 5.52 Å². The van der Waals surface area contributed by atoms with E-state index in [0.29, 0.717) is 0 Å². The number of nitrogens with zero attached hydrogens (tertiary/aromatic N) is 2. The molecule has 1 unspecified atom stereocenters. The van der Waals surface area contributed by atoms with Gasteiger partial charge in [-0.3, -0.25) is 0 Å².